The molecule has 3 aromatic rings. The summed E-state index contributed by atoms with van der Waals surface area (Å²) in [6.07, 6.45) is 0. The van der Waals surface area contributed by atoms with E-state index >= 15 is 0 Å². The summed E-state index contributed by atoms with van der Waals surface area (Å²) in [6.45, 7) is 2.28. The molecule has 1 unspecified atom stereocenters. The van der Waals surface area contributed by atoms with Crippen LogP contribution in [-0.4, -0.2) is 19.0 Å². The second kappa shape index (κ2) is 7.17. The Morgan fingerprint density at radius 2 is 1.30 bits per heavy atom. The van der Waals surface area contributed by atoms with Gasteiger partial charge in [-0.2, -0.15) is 6.07 Å². The lowest BCUT2D eigenvalue weighted by molar-refractivity contribution is 0.323. The maximum atomic E-state index is 2.31. The summed E-state index contributed by atoms with van der Waals surface area (Å²) in [7, 11) is 3.78. The van der Waals surface area contributed by atoms with Crippen molar-refractivity contribution in [2.75, 3.05) is 14.1 Å². The van der Waals surface area contributed by atoms with Crippen LogP contribution in [0.3, 0.4) is 0 Å². The van der Waals surface area contributed by atoms with Gasteiger partial charge in [-0.05, 0) is 38.7 Å². The highest BCUT2D eigenvalue weighted by Crippen LogP contribution is 2.36. The van der Waals surface area contributed by atoms with Gasteiger partial charge in [-0.3, -0.25) is 0 Å². The molecule has 2 heteroatoms. The van der Waals surface area contributed by atoms with Gasteiger partial charge in [0.1, 0.15) is 0 Å². The maximum absolute atomic E-state index is 2.31. The summed E-state index contributed by atoms with van der Waals surface area (Å²) in [5.74, 6) is 0. The van der Waals surface area contributed by atoms with E-state index < -0.39 is 7.92 Å². The molecule has 0 spiro atoms. The van der Waals surface area contributed by atoms with Crippen LogP contribution in [0.1, 0.15) is 18.5 Å². The summed E-state index contributed by atoms with van der Waals surface area (Å²) in [6, 6.07) is 29.0. The molecule has 1 atom stereocenters. The predicted molar refractivity (Wildman–Crippen MR) is 103 cm³/mol. The molecule has 23 heavy (non-hydrogen) atoms. The van der Waals surface area contributed by atoms with Gasteiger partial charge in [0.15, 0.2) is 0 Å². The molecule has 0 aromatic heterocycles. The van der Waals surface area contributed by atoms with Crippen LogP contribution in [0, 0.1) is 0 Å². The van der Waals surface area contributed by atoms with Crippen LogP contribution < -0.4 is 15.9 Å². The Hall–Kier alpha value is -1.82. The molecular formula is C21H23NP-. The van der Waals surface area contributed by atoms with Gasteiger partial charge in [-0.1, -0.05) is 67.6 Å². The number of rotatable bonds is 5. The fraction of sp³-hybridized carbons (Fsp3) is 0.190. The highest BCUT2D eigenvalue weighted by molar-refractivity contribution is 7.79. The van der Waals surface area contributed by atoms with Crippen LogP contribution in [0.15, 0.2) is 78.9 Å². The third-order valence-corrected chi connectivity index (χ3v) is 6.84. The van der Waals surface area contributed by atoms with Gasteiger partial charge >= 0.3 is 0 Å². The van der Waals surface area contributed by atoms with E-state index in [0.717, 1.165) is 0 Å². The molecule has 0 amide bonds. The second-order valence-electron chi connectivity index (χ2n) is 6.01. The molecule has 1 nitrogen and oxygen atoms in total. The van der Waals surface area contributed by atoms with Gasteiger partial charge < -0.3 is 4.90 Å². The Morgan fingerprint density at radius 3 is 1.78 bits per heavy atom. The minimum absolute atomic E-state index is 0.414. The fourth-order valence-electron chi connectivity index (χ4n) is 2.84. The molecule has 0 heterocycles. The van der Waals surface area contributed by atoms with Crippen molar-refractivity contribution in [2.45, 2.75) is 13.0 Å². The molecule has 0 saturated heterocycles. The van der Waals surface area contributed by atoms with Gasteiger partial charge in [0.05, 0.1) is 0 Å². The van der Waals surface area contributed by atoms with E-state index in [9.17, 15) is 0 Å². The summed E-state index contributed by atoms with van der Waals surface area (Å²) in [5, 5.41) is 4.29. The van der Waals surface area contributed by atoms with Gasteiger partial charge in [-0.15, -0.1) is 10.9 Å². The monoisotopic (exact) mass is 320 g/mol. The summed E-state index contributed by atoms with van der Waals surface area (Å²) in [4.78, 5) is 2.28. The highest BCUT2D eigenvalue weighted by Gasteiger charge is 2.17. The van der Waals surface area contributed by atoms with Crippen molar-refractivity contribution in [1.29, 1.82) is 0 Å². The Bertz CT molecular complexity index is 691. The third kappa shape index (κ3) is 3.42. The first-order valence-electron chi connectivity index (χ1n) is 8.00. The molecule has 0 aliphatic rings. The molecule has 0 N–H and O–H groups in total. The molecule has 0 radical (unpaired) electrons. The standard InChI is InChI=1S/C21H23NP/c1-17(22(2)3)20-15-10-16-21(20)23(18-11-6-4-7-12-18)19-13-8-5-9-14-19/h4-17H,1-3H3/q-1. The average molecular weight is 320 g/mol. The van der Waals surface area contributed by atoms with Crippen LogP contribution in [0.2, 0.25) is 0 Å². The quantitative estimate of drug-likeness (QED) is 0.511. The molecule has 0 aliphatic heterocycles. The summed E-state index contributed by atoms with van der Waals surface area (Å²) >= 11 is 0. The van der Waals surface area contributed by atoms with E-state index in [1.54, 1.807) is 0 Å². The lowest BCUT2D eigenvalue weighted by atomic mass is 10.1. The lowest BCUT2D eigenvalue weighted by Crippen LogP contribution is -2.26. The van der Waals surface area contributed by atoms with Crippen molar-refractivity contribution >= 4 is 23.8 Å². The number of nitrogens with zero attached hydrogens (tertiary/aromatic N) is 1. The number of hydrogen-bond donors (Lipinski definition) is 0. The molecule has 0 aliphatic carbocycles. The molecule has 3 rings (SSSR count). The minimum Gasteiger partial charge on any atom is -0.314 e. The zero-order valence-electron chi connectivity index (χ0n) is 14.0. The Morgan fingerprint density at radius 1 is 0.783 bits per heavy atom. The van der Waals surface area contributed by atoms with Gasteiger partial charge in [0.2, 0.25) is 0 Å². The molecule has 0 fully saturated rings. The Kier molecular flexibility index (Phi) is 5.00. The first-order chi connectivity index (χ1) is 11.2. The third-order valence-electron chi connectivity index (χ3n) is 4.32. The van der Waals surface area contributed by atoms with Crippen molar-refractivity contribution < 1.29 is 0 Å². The topological polar surface area (TPSA) is 3.24 Å². The van der Waals surface area contributed by atoms with E-state index in [1.165, 1.54) is 21.5 Å². The molecule has 0 bridgehead atoms. The van der Waals surface area contributed by atoms with E-state index in [2.05, 4.69) is 105 Å². The zero-order valence-corrected chi connectivity index (χ0v) is 14.9. The van der Waals surface area contributed by atoms with E-state index in [0.29, 0.717) is 6.04 Å². The van der Waals surface area contributed by atoms with Crippen molar-refractivity contribution in [2.24, 2.45) is 0 Å². The first kappa shape index (κ1) is 16.1. The lowest BCUT2D eigenvalue weighted by Gasteiger charge is -2.30. The van der Waals surface area contributed by atoms with Crippen molar-refractivity contribution in [3.05, 3.63) is 84.4 Å². The molecule has 0 saturated carbocycles. The van der Waals surface area contributed by atoms with Crippen LogP contribution in [0.5, 0.6) is 0 Å². The van der Waals surface area contributed by atoms with Crippen LogP contribution >= 0.6 is 7.92 Å². The molecule has 118 valence electrons. The first-order valence-corrected chi connectivity index (χ1v) is 9.35. The normalized spacial score (nSPS) is 12.7. The van der Waals surface area contributed by atoms with Crippen molar-refractivity contribution in [1.82, 2.24) is 4.90 Å². The average Bonchev–Trinajstić information content (AvgIpc) is 3.05. The number of hydrogen-bond acceptors (Lipinski definition) is 1. The van der Waals surface area contributed by atoms with Gasteiger partial charge in [-0.25, -0.2) is 12.1 Å². The maximum Gasteiger partial charge on any atom is -0.0130 e. The predicted octanol–water partition coefficient (Wildman–Crippen LogP) is 3.79. The summed E-state index contributed by atoms with van der Waals surface area (Å²) in [5.41, 5.74) is 1.44. The van der Waals surface area contributed by atoms with Gasteiger partial charge in [0.25, 0.3) is 0 Å². The highest BCUT2D eigenvalue weighted by atomic mass is 31.1. The van der Waals surface area contributed by atoms with Crippen molar-refractivity contribution in [3.8, 4) is 0 Å². The Balaban J connectivity index is 2.13. The van der Waals surface area contributed by atoms with Gasteiger partial charge in [0, 0.05) is 0 Å². The largest absolute Gasteiger partial charge is 0.314 e. The molecular weight excluding hydrogens is 297 g/mol. The van der Waals surface area contributed by atoms with Crippen LogP contribution in [-0.2, 0) is 0 Å². The van der Waals surface area contributed by atoms with Crippen LogP contribution in [0.4, 0.5) is 0 Å². The fourth-order valence-corrected chi connectivity index (χ4v) is 5.39. The minimum atomic E-state index is -0.514. The summed E-state index contributed by atoms with van der Waals surface area (Å²) < 4.78 is 0. The Labute approximate surface area is 140 Å². The smallest absolute Gasteiger partial charge is 0.0130 e. The zero-order chi connectivity index (χ0) is 16.2. The van der Waals surface area contributed by atoms with Crippen molar-refractivity contribution in [3.63, 3.8) is 0 Å². The molecule has 3 aromatic carbocycles. The van der Waals surface area contributed by atoms with E-state index in [1.807, 2.05) is 0 Å². The van der Waals surface area contributed by atoms with Crippen LogP contribution in [0.25, 0.3) is 0 Å². The SMILES string of the molecule is CC([c-]1cccc1P(c1ccccc1)c1ccccc1)N(C)C. The second-order valence-corrected chi connectivity index (χ2v) is 8.20. The van der Waals surface area contributed by atoms with E-state index in [-0.39, 0.29) is 0 Å². The van der Waals surface area contributed by atoms with E-state index in [4.69, 9.17) is 0 Å². The number of benzene rings is 2.